The summed E-state index contributed by atoms with van der Waals surface area (Å²) >= 11 is 3.34. The molecular formula is C112H114N28O5S2. The van der Waals surface area contributed by atoms with Crippen LogP contribution in [0.2, 0.25) is 0 Å². The Kier molecular flexibility index (Phi) is 26.5. The molecule has 6 aliphatic heterocycles. The molecule has 3 fully saturated rings. The molecule has 0 aliphatic carbocycles. The average Bonchev–Trinajstić information content (AvgIpc) is 1.72. The van der Waals surface area contributed by atoms with Crippen LogP contribution in [0, 0.1) is 67.2 Å². The van der Waals surface area contributed by atoms with Gasteiger partial charge < -0.3 is 25.8 Å². The lowest BCUT2D eigenvalue weighted by atomic mass is 10.0. The first kappa shape index (κ1) is 96.3. The molecule has 26 rings (SSSR count). The number of rotatable bonds is 13. The fourth-order valence-electron chi connectivity index (χ4n) is 20.8. The number of hydrogen-bond acceptors (Lipinski definition) is 27. The van der Waals surface area contributed by atoms with Crippen LogP contribution in [0.5, 0.6) is 0 Å². The first-order chi connectivity index (χ1) is 71.2. The Morgan fingerprint density at radius 3 is 1.10 bits per heavy atom. The van der Waals surface area contributed by atoms with E-state index < -0.39 is 0 Å². The van der Waals surface area contributed by atoms with Gasteiger partial charge in [0, 0.05) is 157 Å². The van der Waals surface area contributed by atoms with Gasteiger partial charge in [0.05, 0.1) is 140 Å². The zero-order chi connectivity index (χ0) is 101. The van der Waals surface area contributed by atoms with Gasteiger partial charge >= 0.3 is 0 Å². The van der Waals surface area contributed by atoms with Gasteiger partial charge in [0.25, 0.3) is 27.8 Å². The Morgan fingerprint density at radius 2 is 0.721 bits per heavy atom. The van der Waals surface area contributed by atoms with Crippen LogP contribution < -0.4 is 48.6 Å². The average molecular weight is 2000 g/mol. The topological polar surface area (TPSA) is 342 Å². The van der Waals surface area contributed by atoms with E-state index in [0.29, 0.717) is 85.6 Å². The van der Waals surface area contributed by atoms with Crippen molar-refractivity contribution in [2.75, 3.05) is 108 Å². The standard InChI is InChI=1S/C24H26N6O.C23H24N6O.C22H22N6O.C22H21N5OS.C21H21N5OS/c1-4-9-28-10-7-18(8-11-28)19-5-6-23-26-20(13-24(31)29(23)15-19)21-12-22-17(3)25-16(2)14-30(22)27-21;1-4-27-9-7-17(8-10-27)18-5-6-22-25-19(12-23(30)28(22)14-18)20-11-21-16(3)24-15(2)13-29(21)26-20;1-14-12-28-20(15(2)23-14)10-19(25-28)18-11-22(29)27-13-17(4-5-21(27)24-18)16-6-8-26(3)9-7-16;1-13-24-19-6-14(2-4-20(19)29-13)18-7-22(28)27-12-17(3-5-21(27)25-18)26-10-15-8-23-9-16(15)11-26;1-13-23-18-10-14(2-4-19(18)28-13)17-11-21(27)26-12-16(3-5-20(26)24-17)25-8-6-15(22)7-9-25/h5-7,12-15H,4,8-11H2,1-3H3;5-7,11-14H,4,8-10H2,1-3H3;4-6,10-13H,7-9H2,1-3H3;2-7,12,15-16,23H,8-11H2,1H3;2-5,10-12,15H,6-9,22H2,1H3/t;;;15-,16+;. The summed E-state index contributed by atoms with van der Waals surface area (Å²) in [6, 6.07) is 46.0. The van der Waals surface area contributed by atoms with Crippen LogP contribution in [0.15, 0.2) is 237 Å². The van der Waals surface area contributed by atoms with Gasteiger partial charge in [-0.15, -0.1) is 22.7 Å². The molecule has 0 radical (unpaired) electrons. The molecule has 3 saturated heterocycles. The molecule has 33 nitrogen and oxygen atoms in total. The molecule has 35 heteroatoms. The number of piperidine rings is 1. The largest absolute Gasteiger partial charge is 0.370 e. The second-order valence-electron chi connectivity index (χ2n) is 39.2. The van der Waals surface area contributed by atoms with E-state index in [2.05, 4.69) is 133 Å². The number of nitrogens with zero attached hydrogens (tertiary/aromatic N) is 26. The normalized spacial score (nSPS) is 16.4. The molecule has 0 unspecified atom stereocenters. The lowest BCUT2D eigenvalue weighted by Crippen LogP contribution is -2.39. The summed E-state index contributed by atoms with van der Waals surface area (Å²) in [6.07, 6.45) is 28.0. The Labute approximate surface area is 853 Å². The highest BCUT2D eigenvalue weighted by atomic mass is 32.1. The third-order valence-corrected chi connectivity index (χ3v) is 30.6. The molecule has 18 aromatic heterocycles. The number of benzene rings is 2. The monoisotopic (exact) mass is 1990 g/mol. The highest BCUT2D eigenvalue weighted by Gasteiger charge is 2.37. The SMILES string of the molecule is CCCN1CC=C(c2ccc3nc(-c4cc5c(C)nc(C)cn5n4)cc(=O)n3c2)CC1.CCN1CC=C(c2ccc3nc(-c4cc5c(C)nc(C)cn5n4)cc(=O)n3c2)CC1.Cc1cn2nc(-c3cc(=O)n4cc(C5=CCN(C)CC5)ccc4n3)cc2c(C)n1.Cc1nc2cc(-c3cc(=O)n4cc(N5CCC(N)CC5)ccc4n3)ccc2s1.Cc1nc2cc(-c3cc(=O)n4cc(N5C[C@H]6CNC[C@H]6C5)ccc4n3)ccc2s1. The van der Waals surface area contributed by atoms with Gasteiger partial charge in [-0.1, -0.05) is 44.2 Å². The van der Waals surface area contributed by atoms with Crippen LogP contribution in [0.25, 0.3) is 139 Å². The molecule has 6 aliphatic rings. The molecule has 2 aromatic carbocycles. The summed E-state index contributed by atoms with van der Waals surface area (Å²) in [4.78, 5) is 122. The van der Waals surface area contributed by atoms with Gasteiger partial charge in [0.15, 0.2) is 0 Å². The van der Waals surface area contributed by atoms with Gasteiger partial charge in [-0.3, -0.25) is 70.7 Å². The summed E-state index contributed by atoms with van der Waals surface area (Å²) in [6.45, 7) is 34.4. The van der Waals surface area contributed by atoms with Crippen molar-refractivity contribution in [2.45, 2.75) is 114 Å². The molecule has 20 aromatic rings. The molecule has 0 spiro atoms. The van der Waals surface area contributed by atoms with Crippen LogP contribution in [-0.2, 0) is 0 Å². The summed E-state index contributed by atoms with van der Waals surface area (Å²) in [5.41, 5.74) is 34.9. The summed E-state index contributed by atoms with van der Waals surface area (Å²) in [7, 11) is 2.11. The van der Waals surface area contributed by atoms with Crippen LogP contribution in [0.1, 0.15) is 113 Å². The van der Waals surface area contributed by atoms with Crippen LogP contribution in [0.3, 0.4) is 0 Å². The quantitative estimate of drug-likeness (QED) is 0.108. The van der Waals surface area contributed by atoms with E-state index in [1.165, 1.54) is 23.1 Å². The molecule has 0 amide bonds. The number of fused-ring (bicyclic) bond motifs is 11. The first-order valence-corrected chi connectivity index (χ1v) is 52.0. The number of aryl methyl sites for hydroxylation is 8. The minimum Gasteiger partial charge on any atom is -0.370 e. The predicted molar refractivity (Wildman–Crippen MR) is 584 cm³/mol. The summed E-state index contributed by atoms with van der Waals surface area (Å²) < 4.78 is 15.9. The van der Waals surface area contributed by atoms with E-state index in [-0.39, 0.29) is 33.8 Å². The van der Waals surface area contributed by atoms with Gasteiger partial charge in [0.2, 0.25) is 0 Å². The lowest BCUT2D eigenvalue weighted by molar-refractivity contribution is 0.302. The maximum absolute atomic E-state index is 12.9. The van der Waals surface area contributed by atoms with Crippen LogP contribution >= 0.6 is 22.7 Å². The minimum absolute atomic E-state index is 0.0533. The number of likely N-dealkylation sites (N-methyl/N-ethyl adjacent to an activating group) is 2. The zero-order valence-corrected chi connectivity index (χ0v) is 85.8. The molecule has 24 heterocycles. The van der Waals surface area contributed by atoms with E-state index in [0.717, 1.165) is 244 Å². The van der Waals surface area contributed by atoms with Crippen molar-refractivity contribution < 1.29 is 0 Å². The maximum atomic E-state index is 12.9. The van der Waals surface area contributed by atoms with Crippen molar-refractivity contribution in [1.29, 1.82) is 0 Å². The number of aromatic nitrogens is 21. The van der Waals surface area contributed by atoms with Crippen molar-refractivity contribution in [3.05, 3.63) is 326 Å². The fraction of sp³-hybridized carbons (Fsp3) is 0.304. The van der Waals surface area contributed by atoms with Gasteiger partial charge in [0.1, 0.15) is 45.3 Å². The molecule has 0 saturated carbocycles. The number of anilines is 2. The van der Waals surface area contributed by atoms with Crippen molar-refractivity contribution >= 4 is 116 Å². The Hall–Kier alpha value is -15.5. The summed E-state index contributed by atoms with van der Waals surface area (Å²) in [5.74, 6) is 1.43. The Bertz CT molecular complexity index is 9020. The third kappa shape index (κ3) is 20.2. The second-order valence-corrected chi connectivity index (χ2v) is 41.7. The Morgan fingerprint density at radius 1 is 0.361 bits per heavy atom. The van der Waals surface area contributed by atoms with Gasteiger partial charge in [-0.2, -0.15) is 15.3 Å². The molecule has 3 N–H and O–H groups in total. The van der Waals surface area contributed by atoms with Crippen LogP contribution in [0.4, 0.5) is 11.4 Å². The van der Waals surface area contributed by atoms with Crippen molar-refractivity contribution in [3.8, 4) is 56.7 Å². The number of hydrogen-bond donors (Lipinski definition) is 2. The highest BCUT2D eigenvalue weighted by Crippen LogP contribution is 2.36. The zero-order valence-electron chi connectivity index (χ0n) is 84.1. The number of nitrogens with one attached hydrogen (secondary N) is 1. The van der Waals surface area contributed by atoms with Gasteiger partial charge in [-0.05, 0) is 262 Å². The second kappa shape index (κ2) is 40.5. The van der Waals surface area contributed by atoms with Crippen molar-refractivity contribution in [1.82, 2.24) is 121 Å². The molecule has 0 bridgehead atoms. The van der Waals surface area contributed by atoms with E-state index in [9.17, 15) is 24.0 Å². The lowest BCUT2D eigenvalue weighted by Gasteiger charge is -2.32. The Balaban J connectivity index is 0.000000104. The number of nitrogens with two attached hydrogens (primary N) is 1. The van der Waals surface area contributed by atoms with Crippen molar-refractivity contribution in [2.24, 2.45) is 17.6 Å². The third-order valence-electron chi connectivity index (χ3n) is 28.7. The van der Waals surface area contributed by atoms with Crippen LogP contribution in [-0.4, -0.2) is 220 Å². The fourth-order valence-corrected chi connectivity index (χ4v) is 22.4. The summed E-state index contributed by atoms with van der Waals surface area (Å²) in [5, 5.41) is 19.4. The molecule has 744 valence electrons. The maximum Gasteiger partial charge on any atom is 0.258 e. The molecular weight excluding hydrogens is 1880 g/mol. The van der Waals surface area contributed by atoms with E-state index in [1.807, 2.05) is 196 Å². The first-order valence-electron chi connectivity index (χ1n) is 50.3. The van der Waals surface area contributed by atoms with Gasteiger partial charge in [-0.25, -0.2) is 48.4 Å². The smallest absolute Gasteiger partial charge is 0.258 e. The number of pyridine rings is 5. The minimum atomic E-state index is -0.108. The van der Waals surface area contributed by atoms with E-state index in [1.54, 1.807) is 88.6 Å². The van der Waals surface area contributed by atoms with E-state index in [4.69, 9.17) is 30.7 Å². The molecule has 147 heavy (non-hydrogen) atoms. The number of thiazole rings is 2. The highest BCUT2D eigenvalue weighted by molar-refractivity contribution is 7.18. The van der Waals surface area contributed by atoms with Crippen molar-refractivity contribution in [3.63, 3.8) is 0 Å². The molecule has 2 atom stereocenters. The predicted octanol–water partition coefficient (Wildman–Crippen LogP) is 15.5. The van der Waals surface area contributed by atoms with E-state index >= 15 is 0 Å².